The zero-order chi connectivity index (χ0) is 20.4. The number of halogens is 4. The minimum Gasteiger partial charge on any atom is -0.393 e. The van der Waals surface area contributed by atoms with Crippen molar-refractivity contribution in [3.8, 4) is 0 Å². The van der Waals surface area contributed by atoms with Crippen LogP contribution in [-0.4, -0.2) is 61.3 Å². The van der Waals surface area contributed by atoms with Crippen molar-refractivity contribution < 1.29 is 18.3 Å². The smallest absolute Gasteiger partial charge is 0.393 e. The monoisotopic (exact) mass is 528 g/mol. The lowest BCUT2D eigenvalue weighted by Gasteiger charge is -2.29. The second-order valence-corrected chi connectivity index (χ2v) is 7.06. The third kappa shape index (κ3) is 9.99. The van der Waals surface area contributed by atoms with Crippen LogP contribution < -0.4 is 10.6 Å². The molecule has 1 saturated heterocycles. The van der Waals surface area contributed by atoms with E-state index in [1.807, 2.05) is 6.92 Å². The molecule has 166 valence electrons. The van der Waals surface area contributed by atoms with E-state index < -0.39 is 11.7 Å². The molecular weight excluding hydrogens is 496 g/mol. The lowest BCUT2D eigenvalue weighted by molar-refractivity contribution is -0.137. The topological polar surface area (TPSA) is 59.9 Å². The first-order valence-corrected chi connectivity index (χ1v) is 9.97. The van der Waals surface area contributed by atoms with Gasteiger partial charge in [-0.25, -0.2) is 0 Å². The lowest BCUT2D eigenvalue weighted by atomic mass is 10.1. The second-order valence-electron chi connectivity index (χ2n) is 7.06. The van der Waals surface area contributed by atoms with E-state index in [0.29, 0.717) is 19.5 Å². The Morgan fingerprint density at radius 3 is 2.41 bits per heavy atom. The summed E-state index contributed by atoms with van der Waals surface area (Å²) < 4.78 is 37.8. The van der Waals surface area contributed by atoms with Crippen LogP contribution in [0.2, 0.25) is 0 Å². The quantitative estimate of drug-likeness (QED) is 0.210. The highest BCUT2D eigenvalue weighted by atomic mass is 127. The number of nitrogens with zero attached hydrogens (tertiary/aromatic N) is 2. The summed E-state index contributed by atoms with van der Waals surface area (Å²) in [6.07, 6.45) is -1.18. The molecule has 1 aliphatic heterocycles. The maximum atomic E-state index is 12.6. The molecule has 1 aliphatic rings. The molecule has 3 N–H and O–H groups in total. The average Bonchev–Trinajstić information content (AvgIpc) is 2.66. The third-order valence-corrected chi connectivity index (χ3v) is 4.79. The molecule has 1 aromatic carbocycles. The normalized spacial score (nSPS) is 16.4. The van der Waals surface area contributed by atoms with Crippen molar-refractivity contribution in [3.63, 3.8) is 0 Å². The molecule has 9 heteroatoms. The van der Waals surface area contributed by atoms with Gasteiger partial charge < -0.3 is 20.6 Å². The minimum absolute atomic E-state index is 0. The number of guanidine groups is 1. The minimum atomic E-state index is -4.30. The van der Waals surface area contributed by atoms with E-state index in [9.17, 15) is 18.3 Å². The second kappa shape index (κ2) is 13.3. The van der Waals surface area contributed by atoms with E-state index >= 15 is 0 Å². The Morgan fingerprint density at radius 2 is 1.83 bits per heavy atom. The largest absolute Gasteiger partial charge is 0.416 e. The van der Waals surface area contributed by atoms with Gasteiger partial charge in [-0.05, 0) is 56.8 Å². The van der Waals surface area contributed by atoms with Crippen LogP contribution in [-0.2, 0) is 12.6 Å². The summed E-state index contributed by atoms with van der Waals surface area (Å²) in [6.45, 7) is 6.89. The Hall–Kier alpha value is -1.07. The fourth-order valence-corrected chi connectivity index (χ4v) is 3.16. The maximum absolute atomic E-state index is 12.6. The van der Waals surface area contributed by atoms with Crippen LogP contribution in [0.1, 0.15) is 37.3 Å². The van der Waals surface area contributed by atoms with Gasteiger partial charge in [-0.3, -0.25) is 4.99 Å². The summed E-state index contributed by atoms with van der Waals surface area (Å²) in [6, 6.07) is 5.27. The summed E-state index contributed by atoms with van der Waals surface area (Å²) in [5, 5.41) is 15.9. The van der Waals surface area contributed by atoms with Crippen LogP contribution >= 0.6 is 24.0 Å². The number of nitrogens with one attached hydrogen (secondary N) is 2. The van der Waals surface area contributed by atoms with Crippen LogP contribution in [0.4, 0.5) is 13.2 Å². The van der Waals surface area contributed by atoms with Crippen LogP contribution in [0.15, 0.2) is 29.3 Å². The van der Waals surface area contributed by atoms with Crippen molar-refractivity contribution in [2.24, 2.45) is 4.99 Å². The number of aliphatic imine (C=N–C) groups is 1. The molecule has 29 heavy (non-hydrogen) atoms. The number of hydrogen-bond acceptors (Lipinski definition) is 3. The third-order valence-electron chi connectivity index (χ3n) is 4.79. The number of benzene rings is 1. The van der Waals surface area contributed by atoms with E-state index in [-0.39, 0.29) is 30.1 Å². The number of hydrogen-bond donors (Lipinski definition) is 3. The Kier molecular flexibility index (Phi) is 11.9. The van der Waals surface area contributed by atoms with E-state index in [2.05, 4.69) is 20.5 Å². The van der Waals surface area contributed by atoms with Gasteiger partial charge in [-0.1, -0.05) is 12.1 Å². The summed E-state index contributed by atoms with van der Waals surface area (Å²) in [5.74, 6) is 0.725. The average molecular weight is 528 g/mol. The van der Waals surface area contributed by atoms with Crippen LogP contribution in [0.5, 0.6) is 0 Å². The predicted molar refractivity (Wildman–Crippen MR) is 121 cm³/mol. The van der Waals surface area contributed by atoms with Gasteiger partial charge in [0.1, 0.15) is 0 Å². The fourth-order valence-electron chi connectivity index (χ4n) is 3.16. The first-order valence-electron chi connectivity index (χ1n) is 9.97. The SMILES string of the molecule is CCNC(=NCCCN1CCC(O)CC1)NCCc1ccc(C(F)(F)F)cc1.I. The molecule has 0 unspecified atom stereocenters. The van der Waals surface area contributed by atoms with Gasteiger partial charge in [0.15, 0.2) is 5.96 Å². The molecule has 0 atom stereocenters. The first-order chi connectivity index (χ1) is 13.4. The molecule has 0 spiro atoms. The van der Waals surface area contributed by atoms with Gasteiger partial charge in [0.25, 0.3) is 0 Å². The highest BCUT2D eigenvalue weighted by Gasteiger charge is 2.29. The molecule has 1 fully saturated rings. The molecule has 2 rings (SSSR count). The number of alkyl halides is 3. The highest BCUT2D eigenvalue weighted by molar-refractivity contribution is 14.0. The Morgan fingerprint density at radius 1 is 1.17 bits per heavy atom. The van der Waals surface area contributed by atoms with E-state index in [4.69, 9.17) is 0 Å². The number of piperidine rings is 1. The van der Waals surface area contributed by atoms with Crippen LogP contribution in [0.25, 0.3) is 0 Å². The summed E-state index contributed by atoms with van der Waals surface area (Å²) in [5.41, 5.74) is 0.228. The van der Waals surface area contributed by atoms with E-state index in [0.717, 1.165) is 69.1 Å². The summed E-state index contributed by atoms with van der Waals surface area (Å²) in [4.78, 5) is 6.91. The molecule has 5 nitrogen and oxygen atoms in total. The highest BCUT2D eigenvalue weighted by Crippen LogP contribution is 2.29. The number of rotatable bonds is 8. The van der Waals surface area contributed by atoms with Gasteiger partial charge in [0.05, 0.1) is 11.7 Å². The lowest BCUT2D eigenvalue weighted by Crippen LogP contribution is -2.39. The number of aliphatic hydroxyl groups is 1. The molecule has 0 aromatic heterocycles. The molecular formula is C20H32F3IN4O. The molecule has 0 radical (unpaired) electrons. The predicted octanol–water partition coefficient (Wildman–Crippen LogP) is 3.27. The van der Waals surface area contributed by atoms with Crippen molar-refractivity contribution in [2.45, 2.75) is 44.9 Å². The van der Waals surface area contributed by atoms with E-state index in [1.54, 1.807) is 0 Å². The first kappa shape index (κ1) is 26.0. The Labute approximate surface area is 188 Å². The van der Waals surface area contributed by atoms with Crippen LogP contribution in [0, 0.1) is 0 Å². The Balaban J connectivity index is 0.00000420. The van der Waals surface area contributed by atoms with Crippen molar-refractivity contribution in [1.82, 2.24) is 15.5 Å². The molecule has 0 amide bonds. The fraction of sp³-hybridized carbons (Fsp3) is 0.650. The molecule has 1 aromatic rings. The Bertz CT molecular complexity index is 603. The number of aliphatic hydroxyl groups excluding tert-OH is 1. The number of likely N-dealkylation sites (tertiary alicyclic amines) is 1. The zero-order valence-electron chi connectivity index (χ0n) is 16.8. The van der Waals surface area contributed by atoms with Crippen molar-refractivity contribution >= 4 is 29.9 Å². The molecule has 0 saturated carbocycles. The van der Waals surface area contributed by atoms with Gasteiger partial charge >= 0.3 is 6.18 Å². The summed E-state index contributed by atoms with van der Waals surface area (Å²) >= 11 is 0. The van der Waals surface area contributed by atoms with Gasteiger partial charge in [-0.2, -0.15) is 13.2 Å². The van der Waals surface area contributed by atoms with Gasteiger partial charge in [-0.15, -0.1) is 24.0 Å². The van der Waals surface area contributed by atoms with Gasteiger partial charge in [0, 0.05) is 32.7 Å². The molecule has 0 bridgehead atoms. The summed E-state index contributed by atoms with van der Waals surface area (Å²) in [7, 11) is 0. The zero-order valence-corrected chi connectivity index (χ0v) is 19.2. The van der Waals surface area contributed by atoms with Crippen molar-refractivity contribution in [2.75, 3.05) is 39.3 Å². The van der Waals surface area contributed by atoms with Crippen molar-refractivity contribution in [3.05, 3.63) is 35.4 Å². The molecule has 1 heterocycles. The van der Waals surface area contributed by atoms with Crippen molar-refractivity contribution in [1.29, 1.82) is 0 Å². The van der Waals surface area contributed by atoms with Crippen LogP contribution in [0.3, 0.4) is 0 Å². The standard InChI is InChI=1S/C20H31F3N4O.HI/c1-2-24-19(25-11-3-13-27-14-9-18(28)10-15-27)26-12-8-16-4-6-17(7-5-16)20(21,22)23;/h4-7,18,28H,2-3,8-15H2,1H3,(H2,24,25,26);1H. The van der Waals surface area contributed by atoms with E-state index in [1.165, 1.54) is 12.1 Å². The maximum Gasteiger partial charge on any atom is 0.416 e. The molecule has 0 aliphatic carbocycles. The van der Waals surface area contributed by atoms with Gasteiger partial charge in [0.2, 0.25) is 0 Å².